The number of Topliss-reactive ketones (excluding diaryl/α,β-unsaturated/α-hetero) is 1. The van der Waals surface area contributed by atoms with Crippen LogP contribution < -0.4 is 10.6 Å². The molecule has 0 saturated heterocycles. The van der Waals surface area contributed by atoms with Crippen molar-refractivity contribution in [2.45, 2.75) is 19.0 Å². The van der Waals surface area contributed by atoms with E-state index in [4.69, 9.17) is 5.73 Å². The molecule has 160 valence electrons. The number of hydrogen-bond donors (Lipinski definition) is 1. The number of primary amides is 1. The van der Waals surface area contributed by atoms with Gasteiger partial charge in [0, 0.05) is 6.42 Å². The highest BCUT2D eigenvalue weighted by molar-refractivity contribution is 6.38. The first kappa shape index (κ1) is 21.0. The van der Waals surface area contributed by atoms with Crippen LogP contribution in [-0.4, -0.2) is 33.7 Å². The number of fused-ring (bicyclic) bond motifs is 1. The van der Waals surface area contributed by atoms with E-state index in [-0.39, 0.29) is 6.42 Å². The molecule has 0 radical (unpaired) electrons. The molecule has 0 unspecified atom stereocenters. The summed E-state index contributed by atoms with van der Waals surface area (Å²) in [6, 6.07) is 22.3. The third kappa shape index (κ3) is 4.41. The summed E-state index contributed by atoms with van der Waals surface area (Å²) in [5.41, 5.74) is 7.11. The van der Waals surface area contributed by atoms with Gasteiger partial charge in [-0.15, -0.1) is 0 Å². The van der Waals surface area contributed by atoms with E-state index in [1.807, 2.05) is 66.7 Å². The van der Waals surface area contributed by atoms with Gasteiger partial charge in [0.25, 0.3) is 5.91 Å². The Morgan fingerprint density at radius 1 is 0.969 bits per heavy atom. The Labute approximate surface area is 185 Å². The number of carbonyl (C=O) groups is 3. The molecule has 32 heavy (non-hydrogen) atoms. The van der Waals surface area contributed by atoms with Gasteiger partial charge in [0.2, 0.25) is 12.2 Å². The zero-order valence-electron chi connectivity index (χ0n) is 17.3. The third-order valence-electron chi connectivity index (χ3n) is 5.39. The van der Waals surface area contributed by atoms with Crippen LogP contribution in [0.3, 0.4) is 0 Å². The fourth-order valence-electron chi connectivity index (χ4n) is 3.79. The molecule has 1 atom stereocenters. The van der Waals surface area contributed by atoms with E-state index in [1.54, 1.807) is 10.9 Å². The van der Waals surface area contributed by atoms with Crippen LogP contribution in [0.2, 0.25) is 0 Å². The normalized spacial score (nSPS) is 11.8. The summed E-state index contributed by atoms with van der Waals surface area (Å²) >= 11 is 0. The van der Waals surface area contributed by atoms with E-state index in [0.29, 0.717) is 18.8 Å². The molecule has 0 spiro atoms. The van der Waals surface area contributed by atoms with Crippen LogP contribution in [0.1, 0.15) is 11.1 Å². The summed E-state index contributed by atoms with van der Waals surface area (Å²) in [5.74, 6) is -1.51. The van der Waals surface area contributed by atoms with Gasteiger partial charge in [0.05, 0.1) is 19.1 Å². The van der Waals surface area contributed by atoms with E-state index in [2.05, 4.69) is 11.1 Å². The number of aromatic nitrogens is 2. The van der Waals surface area contributed by atoms with Crippen molar-refractivity contribution < 1.29 is 14.4 Å². The maximum absolute atomic E-state index is 12.7. The van der Waals surface area contributed by atoms with E-state index in [9.17, 15) is 14.4 Å². The van der Waals surface area contributed by atoms with Gasteiger partial charge in [-0.25, -0.2) is 4.98 Å². The van der Waals surface area contributed by atoms with Gasteiger partial charge in [0.1, 0.15) is 11.9 Å². The molecule has 2 N–H and O–H groups in total. The van der Waals surface area contributed by atoms with Gasteiger partial charge >= 0.3 is 0 Å². The SMILES string of the molecule is NC(=O)C(=O)[C@H](Cc1ccccc1)N(C=O)c1cncn1Cc1ccc2ccccc2c1. The number of hydrogen-bond acceptors (Lipinski definition) is 4. The van der Waals surface area contributed by atoms with Crippen molar-refractivity contribution in [1.29, 1.82) is 0 Å². The lowest BCUT2D eigenvalue weighted by molar-refractivity contribution is -0.137. The van der Waals surface area contributed by atoms with Crippen LogP contribution in [0.25, 0.3) is 10.8 Å². The van der Waals surface area contributed by atoms with Gasteiger partial charge in [0.15, 0.2) is 0 Å². The van der Waals surface area contributed by atoms with Crippen molar-refractivity contribution in [3.05, 3.63) is 96.4 Å². The molecule has 0 saturated carbocycles. The number of amides is 2. The van der Waals surface area contributed by atoms with Crippen molar-refractivity contribution in [3.8, 4) is 0 Å². The Hall–Kier alpha value is -4.26. The molecule has 4 rings (SSSR count). The lowest BCUT2D eigenvalue weighted by Crippen LogP contribution is -2.48. The quantitative estimate of drug-likeness (QED) is 0.329. The molecule has 0 bridgehead atoms. The lowest BCUT2D eigenvalue weighted by Gasteiger charge is -2.27. The van der Waals surface area contributed by atoms with E-state index in [1.165, 1.54) is 11.1 Å². The lowest BCUT2D eigenvalue weighted by atomic mass is 10.0. The van der Waals surface area contributed by atoms with Crippen LogP contribution in [0.4, 0.5) is 5.82 Å². The first-order valence-corrected chi connectivity index (χ1v) is 10.2. The van der Waals surface area contributed by atoms with Gasteiger partial charge < -0.3 is 10.3 Å². The number of benzene rings is 3. The van der Waals surface area contributed by atoms with Crippen LogP contribution in [0, 0.1) is 0 Å². The zero-order chi connectivity index (χ0) is 22.5. The molecule has 0 aliphatic heterocycles. The van der Waals surface area contributed by atoms with Crippen LogP contribution in [0.15, 0.2) is 85.3 Å². The summed E-state index contributed by atoms with van der Waals surface area (Å²) < 4.78 is 1.77. The van der Waals surface area contributed by atoms with Gasteiger partial charge in [-0.05, 0) is 28.0 Å². The molecule has 1 heterocycles. The standard InChI is InChI=1S/C25H22N4O3/c26-25(32)24(31)22(13-18-6-2-1-3-7-18)29(17-30)23-14-27-16-28(23)15-19-10-11-20-8-4-5-9-21(20)12-19/h1-12,14,16-17,22H,13,15H2,(H2,26,32)/t22-/m0/s1. The van der Waals surface area contributed by atoms with Crippen LogP contribution >= 0.6 is 0 Å². The highest BCUT2D eigenvalue weighted by Gasteiger charge is 2.31. The first-order chi connectivity index (χ1) is 15.6. The molecular weight excluding hydrogens is 404 g/mol. The Balaban J connectivity index is 1.66. The molecule has 0 aliphatic rings. The highest BCUT2D eigenvalue weighted by atomic mass is 16.2. The van der Waals surface area contributed by atoms with Gasteiger partial charge in [-0.1, -0.05) is 66.7 Å². The number of imidazole rings is 1. The van der Waals surface area contributed by atoms with Crippen molar-refractivity contribution in [3.63, 3.8) is 0 Å². The summed E-state index contributed by atoms with van der Waals surface area (Å²) in [4.78, 5) is 41.9. The predicted molar refractivity (Wildman–Crippen MR) is 122 cm³/mol. The second-order valence-corrected chi connectivity index (χ2v) is 7.51. The Morgan fingerprint density at radius 3 is 2.41 bits per heavy atom. The van der Waals surface area contributed by atoms with Crippen LogP contribution in [0.5, 0.6) is 0 Å². The molecule has 3 aromatic carbocycles. The van der Waals surface area contributed by atoms with E-state index in [0.717, 1.165) is 21.9 Å². The van der Waals surface area contributed by atoms with Crippen molar-refractivity contribution in [1.82, 2.24) is 9.55 Å². The van der Waals surface area contributed by atoms with E-state index < -0.39 is 17.7 Å². The molecule has 2 amide bonds. The summed E-state index contributed by atoms with van der Waals surface area (Å²) in [5, 5.41) is 2.23. The summed E-state index contributed by atoms with van der Waals surface area (Å²) in [6.07, 6.45) is 3.79. The Bertz CT molecular complexity index is 1270. The second-order valence-electron chi connectivity index (χ2n) is 7.51. The molecule has 1 aromatic heterocycles. The zero-order valence-corrected chi connectivity index (χ0v) is 17.3. The van der Waals surface area contributed by atoms with Gasteiger partial charge in [-0.3, -0.25) is 19.3 Å². The molecule has 7 heteroatoms. The van der Waals surface area contributed by atoms with E-state index >= 15 is 0 Å². The predicted octanol–water partition coefficient (Wildman–Crippen LogP) is 2.71. The number of anilines is 1. The van der Waals surface area contributed by atoms with Crippen molar-refractivity contribution in [2.24, 2.45) is 5.73 Å². The number of nitrogens with two attached hydrogens (primary N) is 1. The van der Waals surface area contributed by atoms with Crippen LogP contribution in [-0.2, 0) is 27.3 Å². The number of rotatable bonds is 9. The Kier molecular flexibility index (Phi) is 6.07. The highest BCUT2D eigenvalue weighted by Crippen LogP contribution is 2.22. The smallest absolute Gasteiger partial charge is 0.287 e. The molecule has 0 aliphatic carbocycles. The second kappa shape index (κ2) is 9.26. The Morgan fingerprint density at radius 2 is 1.69 bits per heavy atom. The summed E-state index contributed by atoms with van der Waals surface area (Å²) in [7, 11) is 0. The summed E-state index contributed by atoms with van der Waals surface area (Å²) in [6.45, 7) is 0.438. The fourth-order valence-corrected chi connectivity index (χ4v) is 3.79. The molecular formula is C25H22N4O3. The monoisotopic (exact) mass is 426 g/mol. The van der Waals surface area contributed by atoms with Gasteiger partial charge in [-0.2, -0.15) is 0 Å². The first-order valence-electron chi connectivity index (χ1n) is 10.2. The molecule has 7 nitrogen and oxygen atoms in total. The minimum Gasteiger partial charge on any atom is -0.363 e. The maximum Gasteiger partial charge on any atom is 0.287 e. The number of ketones is 1. The maximum atomic E-state index is 12.7. The number of carbonyl (C=O) groups excluding carboxylic acids is 3. The topological polar surface area (TPSA) is 98.3 Å². The fraction of sp³-hybridized carbons (Fsp3) is 0.120. The largest absolute Gasteiger partial charge is 0.363 e. The average Bonchev–Trinajstić information content (AvgIpc) is 3.26. The van der Waals surface area contributed by atoms with Crippen molar-refractivity contribution in [2.75, 3.05) is 4.90 Å². The molecule has 0 fully saturated rings. The average molecular weight is 426 g/mol. The number of nitrogens with zero attached hydrogens (tertiary/aromatic N) is 3. The minimum absolute atomic E-state index is 0.155. The third-order valence-corrected chi connectivity index (χ3v) is 5.39. The minimum atomic E-state index is -1.08. The van der Waals surface area contributed by atoms with Crippen molar-refractivity contribution >= 4 is 34.7 Å². The molecule has 4 aromatic rings.